The molecule has 1 unspecified atom stereocenters. The molecule has 0 aliphatic heterocycles. The van der Waals surface area contributed by atoms with Gasteiger partial charge in [-0.15, -0.1) is 0 Å². The molecule has 0 bridgehead atoms. The molecule has 0 rings (SSSR count). The summed E-state index contributed by atoms with van der Waals surface area (Å²) in [6.45, 7) is 1.06. The van der Waals surface area contributed by atoms with Gasteiger partial charge >= 0.3 is 11.9 Å². The normalized spacial score (nSPS) is 13.3. The van der Waals surface area contributed by atoms with Crippen LogP contribution in [0.5, 0.6) is 0 Å². The SMILES string of the molecule is COC(=O)CCS(=O)(=O)C(C)C(=O)O. The van der Waals surface area contributed by atoms with Crippen molar-refractivity contribution >= 4 is 21.8 Å². The molecule has 0 fully saturated rings. The predicted octanol–water partition coefficient (Wildman–Crippen LogP) is -0.563. The van der Waals surface area contributed by atoms with Gasteiger partial charge in [0.15, 0.2) is 15.1 Å². The van der Waals surface area contributed by atoms with Crippen molar-refractivity contribution in [2.75, 3.05) is 12.9 Å². The van der Waals surface area contributed by atoms with Crippen LogP contribution in [-0.4, -0.2) is 43.6 Å². The first-order chi connectivity index (χ1) is 6.31. The monoisotopic (exact) mass is 224 g/mol. The van der Waals surface area contributed by atoms with Crippen LogP contribution in [0, 0.1) is 0 Å². The van der Waals surface area contributed by atoms with Crippen LogP contribution < -0.4 is 0 Å². The molecule has 6 nitrogen and oxygen atoms in total. The first-order valence-corrected chi connectivity index (χ1v) is 5.54. The van der Waals surface area contributed by atoms with Crippen molar-refractivity contribution in [1.29, 1.82) is 0 Å². The largest absolute Gasteiger partial charge is 0.480 e. The van der Waals surface area contributed by atoms with Crippen LogP contribution in [0.3, 0.4) is 0 Å². The van der Waals surface area contributed by atoms with Gasteiger partial charge in [-0.2, -0.15) is 0 Å². The Balaban J connectivity index is 4.36. The number of rotatable bonds is 5. The zero-order valence-corrected chi connectivity index (χ0v) is 8.70. The average molecular weight is 224 g/mol. The van der Waals surface area contributed by atoms with Crippen LogP contribution in [-0.2, 0) is 24.2 Å². The highest BCUT2D eigenvalue weighted by atomic mass is 32.2. The van der Waals surface area contributed by atoms with Gasteiger partial charge in [-0.25, -0.2) is 8.42 Å². The molecule has 0 aliphatic carbocycles. The molecule has 0 amide bonds. The third-order valence-corrected chi connectivity index (χ3v) is 3.76. The maximum absolute atomic E-state index is 11.2. The first-order valence-electron chi connectivity index (χ1n) is 3.82. The lowest BCUT2D eigenvalue weighted by molar-refractivity contribution is -0.140. The van der Waals surface area contributed by atoms with Gasteiger partial charge in [0, 0.05) is 0 Å². The molecule has 0 aromatic rings. The predicted molar refractivity (Wildman–Crippen MR) is 47.5 cm³/mol. The van der Waals surface area contributed by atoms with Crippen molar-refractivity contribution in [1.82, 2.24) is 0 Å². The molecule has 0 radical (unpaired) electrons. The van der Waals surface area contributed by atoms with E-state index in [1.165, 1.54) is 0 Å². The van der Waals surface area contributed by atoms with Gasteiger partial charge in [0.05, 0.1) is 19.3 Å². The molecule has 1 atom stereocenters. The first kappa shape index (κ1) is 12.9. The molecule has 0 aliphatic rings. The number of methoxy groups -OCH3 is 1. The second-order valence-electron chi connectivity index (χ2n) is 2.67. The van der Waals surface area contributed by atoms with Crippen molar-refractivity contribution in [3.63, 3.8) is 0 Å². The molecule has 0 spiro atoms. The van der Waals surface area contributed by atoms with Gasteiger partial charge in [-0.1, -0.05) is 0 Å². The standard InChI is InChI=1S/C7H12O6S/c1-5(7(9)10)14(11,12)4-3-6(8)13-2/h5H,3-4H2,1-2H3,(H,9,10). The number of carbonyl (C=O) groups excluding carboxylic acids is 1. The van der Waals surface area contributed by atoms with Crippen LogP contribution >= 0.6 is 0 Å². The molecule has 0 heterocycles. The molecule has 82 valence electrons. The van der Waals surface area contributed by atoms with Crippen molar-refractivity contribution in [2.45, 2.75) is 18.6 Å². The van der Waals surface area contributed by atoms with Crippen LogP contribution in [0.1, 0.15) is 13.3 Å². The van der Waals surface area contributed by atoms with E-state index in [0.717, 1.165) is 14.0 Å². The lowest BCUT2D eigenvalue weighted by Crippen LogP contribution is -2.29. The van der Waals surface area contributed by atoms with Crippen LogP contribution in [0.25, 0.3) is 0 Å². The summed E-state index contributed by atoms with van der Waals surface area (Å²) in [4.78, 5) is 21.0. The van der Waals surface area contributed by atoms with Crippen LogP contribution in [0.15, 0.2) is 0 Å². The minimum atomic E-state index is -3.77. The molecule has 1 N–H and O–H groups in total. The number of carboxylic acid groups (broad SMARTS) is 1. The van der Waals surface area contributed by atoms with E-state index in [4.69, 9.17) is 5.11 Å². The lowest BCUT2D eigenvalue weighted by Gasteiger charge is -2.06. The molecule has 0 aromatic heterocycles. The van der Waals surface area contributed by atoms with Crippen molar-refractivity contribution < 1.29 is 27.9 Å². The van der Waals surface area contributed by atoms with Crippen LogP contribution in [0.2, 0.25) is 0 Å². The van der Waals surface area contributed by atoms with E-state index in [1.54, 1.807) is 0 Å². The number of ether oxygens (including phenoxy) is 1. The number of esters is 1. The topological polar surface area (TPSA) is 97.7 Å². The van der Waals surface area contributed by atoms with Gasteiger partial charge in [-0.05, 0) is 6.92 Å². The zero-order chi connectivity index (χ0) is 11.4. The summed E-state index contributed by atoms with van der Waals surface area (Å²) >= 11 is 0. The number of sulfone groups is 1. The quantitative estimate of drug-likeness (QED) is 0.628. The van der Waals surface area contributed by atoms with E-state index in [1.807, 2.05) is 0 Å². The van der Waals surface area contributed by atoms with Crippen molar-refractivity contribution in [3.8, 4) is 0 Å². The van der Waals surface area contributed by atoms with Gasteiger partial charge in [-0.3, -0.25) is 9.59 Å². The second kappa shape index (κ2) is 4.94. The van der Waals surface area contributed by atoms with E-state index in [0.29, 0.717) is 0 Å². The van der Waals surface area contributed by atoms with E-state index < -0.39 is 32.8 Å². The maximum atomic E-state index is 11.2. The van der Waals surface area contributed by atoms with E-state index >= 15 is 0 Å². The minimum Gasteiger partial charge on any atom is -0.480 e. The van der Waals surface area contributed by atoms with Crippen molar-refractivity contribution in [3.05, 3.63) is 0 Å². The fourth-order valence-corrected chi connectivity index (χ4v) is 1.77. The number of carboxylic acids is 1. The number of aliphatic carboxylic acids is 1. The Morgan fingerprint density at radius 1 is 1.43 bits per heavy atom. The zero-order valence-electron chi connectivity index (χ0n) is 7.89. The Kier molecular flexibility index (Phi) is 4.55. The average Bonchev–Trinajstić information content (AvgIpc) is 2.12. The van der Waals surface area contributed by atoms with Gasteiger partial charge in [0.2, 0.25) is 0 Å². The van der Waals surface area contributed by atoms with Gasteiger partial charge in [0.1, 0.15) is 0 Å². The molecule has 0 saturated heterocycles. The fraction of sp³-hybridized carbons (Fsp3) is 0.714. The third kappa shape index (κ3) is 3.73. The van der Waals surface area contributed by atoms with Gasteiger partial charge < -0.3 is 9.84 Å². The molecule has 7 heteroatoms. The summed E-state index contributed by atoms with van der Waals surface area (Å²) in [5, 5.41) is 6.95. The Morgan fingerprint density at radius 2 is 1.93 bits per heavy atom. The summed E-state index contributed by atoms with van der Waals surface area (Å²) < 4.78 is 26.6. The highest BCUT2D eigenvalue weighted by Crippen LogP contribution is 2.04. The number of carbonyl (C=O) groups is 2. The van der Waals surface area contributed by atoms with E-state index in [2.05, 4.69) is 4.74 Å². The van der Waals surface area contributed by atoms with E-state index in [9.17, 15) is 18.0 Å². The summed E-state index contributed by atoms with van der Waals surface area (Å²) in [7, 11) is -2.63. The van der Waals surface area contributed by atoms with Crippen molar-refractivity contribution in [2.24, 2.45) is 0 Å². The smallest absolute Gasteiger partial charge is 0.321 e. The minimum absolute atomic E-state index is 0.323. The number of hydrogen-bond acceptors (Lipinski definition) is 5. The number of hydrogen-bond donors (Lipinski definition) is 1. The Bertz CT molecular complexity index is 317. The lowest BCUT2D eigenvalue weighted by atomic mass is 10.5. The Labute approximate surface area is 81.8 Å². The van der Waals surface area contributed by atoms with Crippen LogP contribution in [0.4, 0.5) is 0 Å². The molecular weight excluding hydrogens is 212 g/mol. The summed E-state index contributed by atoms with van der Waals surface area (Å²) in [5.41, 5.74) is 0. The summed E-state index contributed by atoms with van der Waals surface area (Å²) in [6.07, 6.45) is -0.323. The molecular formula is C7H12O6S. The Hall–Kier alpha value is -1.11. The van der Waals surface area contributed by atoms with E-state index in [-0.39, 0.29) is 6.42 Å². The second-order valence-corrected chi connectivity index (χ2v) is 5.11. The maximum Gasteiger partial charge on any atom is 0.321 e. The summed E-state index contributed by atoms with van der Waals surface area (Å²) in [6, 6.07) is 0. The summed E-state index contributed by atoms with van der Waals surface area (Å²) in [5.74, 6) is -2.60. The highest BCUT2D eigenvalue weighted by Gasteiger charge is 2.27. The third-order valence-electron chi connectivity index (χ3n) is 1.70. The highest BCUT2D eigenvalue weighted by molar-refractivity contribution is 7.92. The molecule has 0 saturated carbocycles. The molecule has 14 heavy (non-hydrogen) atoms. The fourth-order valence-electron chi connectivity index (χ4n) is 0.658. The molecule has 0 aromatic carbocycles. The Morgan fingerprint density at radius 3 is 2.29 bits per heavy atom. The van der Waals surface area contributed by atoms with Gasteiger partial charge in [0.25, 0.3) is 0 Å².